The average molecular weight is 408 g/mol. The second-order valence-electron chi connectivity index (χ2n) is 7.94. The number of amides is 1. The van der Waals surface area contributed by atoms with Crippen molar-refractivity contribution in [3.8, 4) is 5.75 Å². The number of rotatable bonds is 5. The third-order valence-corrected chi connectivity index (χ3v) is 5.64. The lowest BCUT2D eigenvalue weighted by Crippen LogP contribution is -2.51. The largest absolute Gasteiger partial charge is 0.497 e. The third kappa shape index (κ3) is 3.80. The number of likely N-dealkylation sites (N-methyl/N-ethyl adjacent to an activating group) is 1. The first kappa shape index (κ1) is 20.4. The van der Waals surface area contributed by atoms with Crippen molar-refractivity contribution in [1.82, 2.24) is 9.80 Å². The molecule has 0 aliphatic carbocycles. The number of fused-ring (bicyclic) bond motifs is 1. The van der Waals surface area contributed by atoms with Gasteiger partial charge >= 0.3 is 0 Å². The number of morpholine rings is 1. The number of furan rings is 1. The molecule has 1 amide bonds. The molecule has 6 heteroatoms. The van der Waals surface area contributed by atoms with E-state index in [1.165, 1.54) is 0 Å². The zero-order valence-corrected chi connectivity index (χ0v) is 17.9. The first-order valence-corrected chi connectivity index (χ1v) is 10.2. The van der Waals surface area contributed by atoms with Gasteiger partial charge in [0, 0.05) is 30.1 Å². The maximum atomic E-state index is 13.7. The van der Waals surface area contributed by atoms with Crippen LogP contribution in [0.3, 0.4) is 0 Å². The molecular weight excluding hydrogens is 380 g/mol. The van der Waals surface area contributed by atoms with E-state index in [9.17, 15) is 4.79 Å². The van der Waals surface area contributed by atoms with Crippen LogP contribution in [0.2, 0.25) is 0 Å². The second-order valence-corrected chi connectivity index (χ2v) is 7.94. The predicted molar refractivity (Wildman–Crippen MR) is 116 cm³/mol. The van der Waals surface area contributed by atoms with E-state index in [1.54, 1.807) is 7.11 Å². The Bertz CT molecular complexity index is 1030. The van der Waals surface area contributed by atoms with E-state index >= 15 is 0 Å². The molecule has 6 nitrogen and oxygen atoms in total. The Balaban J connectivity index is 1.74. The highest BCUT2D eigenvalue weighted by molar-refractivity contribution is 5.99. The normalized spacial score (nSPS) is 19.4. The molecule has 30 heavy (non-hydrogen) atoms. The lowest BCUT2D eigenvalue weighted by atomic mass is 9.97. The number of carbonyl (C=O) groups excluding carboxylic acids is 1. The van der Waals surface area contributed by atoms with Gasteiger partial charge in [0.2, 0.25) is 0 Å². The highest BCUT2D eigenvalue weighted by atomic mass is 16.5. The summed E-state index contributed by atoms with van der Waals surface area (Å²) in [6, 6.07) is 15.5. The monoisotopic (exact) mass is 408 g/mol. The predicted octanol–water partition coefficient (Wildman–Crippen LogP) is 3.89. The van der Waals surface area contributed by atoms with Crippen molar-refractivity contribution in [2.45, 2.75) is 19.1 Å². The fourth-order valence-electron chi connectivity index (χ4n) is 4.19. The molecule has 1 saturated heterocycles. The summed E-state index contributed by atoms with van der Waals surface area (Å²) in [4.78, 5) is 17.7. The first-order chi connectivity index (χ1) is 14.5. The Morgan fingerprint density at radius 2 is 1.97 bits per heavy atom. The van der Waals surface area contributed by atoms with Crippen molar-refractivity contribution >= 4 is 16.9 Å². The van der Waals surface area contributed by atoms with Crippen molar-refractivity contribution in [3.63, 3.8) is 0 Å². The molecule has 2 aromatic carbocycles. The molecular formula is C24H28N2O4. The van der Waals surface area contributed by atoms with Gasteiger partial charge in [0.1, 0.15) is 11.3 Å². The summed E-state index contributed by atoms with van der Waals surface area (Å²) in [6.45, 7) is 3.67. The molecule has 1 fully saturated rings. The molecule has 0 unspecified atom stereocenters. The summed E-state index contributed by atoms with van der Waals surface area (Å²) in [5, 5.41) is 0.925. The molecule has 3 aromatic rings. The van der Waals surface area contributed by atoms with Gasteiger partial charge in [-0.15, -0.1) is 0 Å². The minimum absolute atomic E-state index is 0.108. The number of hydrogen-bond donors (Lipinski definition) is 0. The highest BCUT2D eigenvalue weighted by Crippen LogP contribution is 2.34. The molecule has 2 atom stereocenters. The van der Waals surface area contributed by atoms with Crippen LogP contribution in [0.15, 0.2) is 52.9 Å². The molecule has 158 valence electrons. The van der Waals surface area contributed by atoms with Gasteiger partial charge in [-0.3, -0.25) is 4.79 Å². The Morgan fingerprint density at radius 3 is 2.67 bits per heavy atom. The SMILES string of the molecule is COc1ccc2c(C)c(C(=O)N3CCO[C@@H](CN(C)C)[C@@H]3c3ccccc3)oc2c1. The molecule has 4 rings (SSSR count). The number of carbonyl (C=O) groups is 1. The fourth-order valence-corrected chi connectivity index (χ4v) is 4.19. The minimum Gasteiger partial charge on any atom is -0.497 e. The van der Waals surface area contributed by atoms with Gasteiger partial charge < -0.3 is 23.7 Å². The summed E-state index contributed by atoms with van der Waals surface area (Å²) in [6.07, 6.45) is -0.120. The van der Waals surface area contributed by atoms with Gasteiger partial charge in [-0.25, -0.2) is 0 Å². The number of hydrogen-bond acceptors (Lipinski definition) is 5. The van der Waals surface area contributed by atoms with Crippen LogP contribution in [0, 0.1) is 6.92 Å². The van der Waals surface area contributed by atoms with Crippen LogP contribution >= 0.6 is 0 Å². The zero-order chi connectivity index (χ0) is 21.3. The van der Waals surface area contributed by atoms with Crippen molar-refractivity contribution in [3.05, 3.63) is 65.4 Å². The van der Waals surface area contributed by atoms with Gasteiger partial charge in [-0.2, -0.15) is 0 Å². The summed E-state index contributed by atoms with van der Waals surface area (Å²) in [5.74, 6) is 0.975. The molecule has 0 N–H and O–H groups in total. The Hall–Kier alpha value is -2.83. The maximum absolute atomic E-state index is 13.7. The van der Waals surface area contributed by atoms with E-state index < -0.39 is 0 Å². The number of ether oxygens (including phenoxy) is 2. The van der Waals surface area contributed by atoms with Gasteiger partial charge in [-0.1, -0.05) is 30.3 Å². The molecule has 0 saturated carbocycles. The van der Waals surface area contributed by atoms with Crippen LogP contribution in [0.1, 0.15) is 27.7 Å². The Kier molecular flexibility index (Phi) is 5.79. The number of aryl methyl sites for hydroxylation is 1. The average Bonchev–Trinajstić information content (AvgIpc) is 3.09. The molecule has 1 aliphatic heterocycles. The standard InChI is InChI=1S/C24H28N2O4/c1-16-19-11-10-18(28-4)14-20(19)30-23(16)24(27)26-12-13-29-21(15-25(2)3)22(26)17-8-6-5-7-9-17/h5-11,14,21-22H,12-13,15H2,1-4H3/t21-,22-/m0/s1. The van der Waals surface area contributed by atoms with Crippen LogP contribution in [0.5, 0.6) is 5.75 Å². The van der Waals surface area contributed by atoms with Crippen molar-refractivity contribution < 1.29 is 18.7 Å². The number of benzene rings is 2. The molecule has 2 heterocycles. The number of methoxy groups -OCH3 is 1. The number of nitrogens with zero attached hydrogens (tertiary/aromatic N) is 2. The zero-order valence-electron chi connectivity index (χ0n) is 17.9. The second kappa shape index (κ2) is 8.50. The van der Waals surface area contributed by atoms with E-state index in [0.29, 0.717) is 30.2 Å². The molecule has 0 bridgehead atoms. The van der Waals surface area contributed by atoms with Crippen LogP contribution in [0.25, 0.3) is 11.0 Å². The smallest absolute Gasteiger partial charge is 0.290 e. The van der Waals surface area contributed by atoms with E-state index in [4.69, 9.17) is 13.9 Å². The van der Waals surface area contributed by atoms with E-state index in [1.807, 2.05) is 62.3 Å². The van der Waals surface area contributed by atoms with Crippen LogP contribution in [-0.2, 0) is 4.74 Å². The van der Waals surface area contributed by atoms with E-state index in [0.717, 1.165) is 23.1 Å². The van der Waals surface area contributed by atoms with Crippen molar-refractivity contribution in [1.29, 1.82) is 0 Å². The quantitative estimate of drug-likeness (QED) is 0.641. The van der Waals surface area contributed by atoms with Crippen molar-refractivity contribution in [2.75, 3.05) is 40.9 Å². The summed E-state index contributed by atoms with van der Waals surface area (Å²) < 4.78 is 17.4. The summed E-state index contributed by atoms with van der Waals surface area (Å²) in [7, 11) is 5.65. The Labute approximate surface area is 177 Å². The van der Waals surface area contributed by atoms with Gasteiger partial charge in [0.15, 0.2) is 5.76 Å². The molecule has 1 aromatic heterocycles. The lowest BCUT2D eigenvalue weighted by molar-refractivity contribution is -0.0691. The third-order valence-electron chi connectivity index (χ3n) is 5.64. The molecule has 1 aliphatic rings. The van der Waals surface area contributed by atoms with Crippen LogP contribution in [0.4, 0.5) is 0 Å². The van der Waals surface area contributed by atoms with E-state index in [2.05, 4.69) is 17.0 Å². The van der Waals surface area contributed by atoms with Crippen molar-refractivity contribution in [2.24, 2.45) is 0 Å². The summed E-state index contributed by atoms with van der Waals surface area (Å²) >= 11 is 0. The van der Waals surface area contributed by atoms with Gasteiger partial charge in [-0.05, 0) is 38.7 Å². The fraction of sp³-hybridized carbons (Fsp3) is 0.375. The minimum atomic E-state index is -0.183. The van der Waals surface area contributed by atoms with Crippen LogP contribution < -0.4 is 4.74 Å². The Morgan fingerprint density at radius 1 is 1.20 bits per heavy atom. The first-order valence-electron chi connectivity index (χ1n) is 10.2. The summed E-state index contributed by atoms with van der Waals surface area (Å²) in [5.41, 5.74) is 2.57. The highest BCUT2D eigenvalue weighted by Gasteiger charge is 2.38. The lowest BCUT2D eigenvalue weighted by Gasteiger charge is -2.42. The molecule has 0 radical (unpaired) electrons. The van der Waals surface area contributed by atoms with E-state index in [-0.39, 0.29) is 18.1 Å². The van der Waals surface area contributed by atoms with Gasteiger partial charge in [0.05, 0.1) is 25.9 Å². The molecule has 0 spiro atoms. The van der Waals surface area contributed by atoms with Crippen LogP contribution in [-0.4, -0.2) is 62.7 Å². The maximum Gasteiger partial charge on any atom is 0.290 e. The topological polar surface area (TPSA) is 55.1 Å². The van der Waals surface area contributed by atoms with Gasteiger partial charge in [0.25, 0.3) is 5.91 Å².